The highest BCUT2D eigenvalue weighted by Crippen LogP contribution is 2.24. The van der Waals surface area contributed by atoms with Crippen LogP contribution in [-0.2, 0) is 4.74 Å². The number of rotatable bonds is 2. The SMILES string of the molecule is Clc1cnc(NC2CCOCC2)cc1Br. The molecule has 1 aromatic rings. The van der Waals surface area contributed by atoms with Gasteiger partial charge in [-0.1, -0.05) is 11.6 Å². The van der Waals surface area contributed by atoms with Gasteiger partial charge in [-0.05, 0) is 34.8 Å². The highest BCUT2D eigenvalue weighted by Gasteiger charge is 2.13. The minimum absolute atomic E-state index is 0.458. The normalized spacial score (nSPS) is 17.7. The number of aromatic nitrogens is 1. The Labute approximate surface area is 102 Å². The molecule has 3 nitrogen and oxygen atoms in total. The Bertz CT molecular complexity index is 342. The molecule has 1 N–H and O–H groups in total. The summed E-state index contributed by atoms with van der Waals surface area (Å²) in [6, 6.07) is 2.36. The first kappa shape index (κ1) is 11.2. The zero-order valence-corrected chi connectivity index (χ0v) is 10.5. The highest BCUT2D eigenvalue weighted by molar-refractivity contribution is 9.10. The molecule has 0 aliphatic carbocycles. The average Bonchev–Trinajstić information content (AvgIpc) is 2.25. The maximum atomic E-state index is 5.87. The summed E-state index contributed by atoms with van der Waals surface area (Å²) in [7, 11) is 0. The number of hydrogen-bond acceptors (Lipinski definition) is 3. The van der Waals surface area contributed by atoms with E-state index in [1.165, 1.54) is 0 Å². The third kappa shape index (κ3) is 3.06. The largest absolute Gasteiger partial charge is 0.381 e. The van der Waals surface area contributed by atoms with Crippen LogP contribution in [0.3, 0.4) is 0 Å². The van der Waals surface area contributed by atoms with Crippen molar-refractivity contribution >= 4 is 33.3 Å². The van der Waals surface area contributed by atoms with Crippen LogP contribution >= 0.6 is 27.5 Å². The molecule has 15 heavy (non-hydrogen) atoms. The zero-order chi connectivity index (χ0) is 10.7. The summed E-state index contributed by atoms with van der Waals surface area (Å²) in [5.74, 6) is 0.859. The lowest BCUT2D eigenvalue weighted by molar-refractivity contribution is 0.0904. The maximum Gasteiger partial charge on any atom is 0.127 e. The molecule has 1 aliphatic heterocycles. The second kappa shape index (κ2) is 5.14. The van der Waals surface area contributed by atoms with Gasteiger partial charge in [0.1, 0.15) is 5.82 Å². The van der Waals surface area contributed by atoms with Crippen LogP contribution in [0.25, 0.3) is 0 Å². The molecule has 5 heteroatoms. The van der Waals surface area contributed by atoms with Gasteiger partial charge >= 0.3 is 0 Å². The van der Waals surface area contributed by atoms with E-state index in [0.717, 1.165) is 36.3 Å². The van der Waals surface area contributed by atoms with Crippen LogP contribution in [0.4, 0.5) is 5.82 Å². The smallest absolute Gasteiger partial charge is 0.127 e. The fourth-order valence-electron chi connectivity index (χ4n) is 1.54. The van der Waals surface area contributed by atoms with Crippen molar-refractivity contribution in [2.45, 2.75) is 18.9 Å². The van der Waals surface area contributed by atoms with Gasteiger partial charge in [0.05, 0.1) is 5.02 Å². The summed E-state index contributed by atoms with van der Waals surface area (Å²) >= 11 is 9.24. The second-order valence-corrected chi connectivity index (χ2v) is 4.78. The number of nitrogens with one attached hydrogen (secondary N) is 1. The number of halogens is 2. The minimum Gasteiger partial charge on any atom is -0.381 e. The molecule has 0 radical (unpaired) electrons. The predicted molar refractivity (Wildman–Crippen MR) is 64.4 cm³/mol. The molecule has 1 fully saturated rings. The molecule has 0 spiro atoms. The first-order valence-corrected chi connectivity index (χ1v) is 6.08. The fraction of sp³-hybridized carbons (Fsp3) is 0.500. The Morgan fingerprint density at radius 2 is 2.20 bits per heavy atom. The van der Waals surface area contributed by atoms with Crippen molar-refractivity contribution in [3.05, 3.63) is 21.8 Å². The van der Waals surface area contributed by atoms with Gasteiger partial charge in [-0.3, -0.25) is 0 Å². The number of ether oxygens (including phenoxy) is 1. The molecular weight excluding hydrogens is 279 g/mol. The summed E-state index contributed by atoms with van der Waals surface area (Å²) in [5, 5.41) is 4.00. The number of pyridine rings is 1. The second-order valence-electron chi connectivity index (χ2n) is 3.51. The Hall–Kier alpha value is -0.320. The fourth-order valence-corrected chi connectivity index (χ4v) is 1.97. The van der Waals surface area contributed by atoms with E-state index in [9.17, 15) is 0 Å². The molecule has 1 saturated heterocycles. The molecule has 82 valence electrons. The van der Waals surface area contributed by atoms with Crippen molar-refractivity contribution in [3.63, 3.8) is 0 Å². The Morgan fingerprint density at radius 1 is 1.47 bits per heavy atom. The molecule has 0 aromatic carbocycles. The van der Waals surface area contributed by atoms with E-state index in [1.807, 2.05) is 6.07 Å². The van der Waals surface area contributed by atoms with Crippen molar-refractivity contribution in [3.8, 4) is 0 Å². The van der Waals surface area contributed by atoms with Crippen LogP contribution in [0, 0.1) is 0 Å². The van der Waals surface area contributed by atoms with Crippen molar-refractivity contribution in [1.82, 2.24) is 4.98 Å². The van der Waals surface area contributed by atoms with Crippen LogP contribution in [0.2, 0.25) is 5.02 Å². The molecule has 0 atom stereocenters. The lowest BCUT2D eigenvalue weighted by Crippen LogP contribution is -2.28. The van der Waals surface area contributed by atoms with E-state index in [0.29, 0.717) is 11.1 Å². The molecule has 0 unspecified atom stereocenters. The van der Waals surface area contributed by atoms with Crippen LogP contribution in [0.1, 0.15) is 12.8 Å². The standard InChI is InChI=1S/C10H12BrClN2O/c11-8-5-10(13-6-9(8)12)14-7-1-3-15-4-2-7/h5-7H,1-4H2,(H,13,14). The first-order valence-electron chi connectivity index (χ1n) is 4.91. The summed E-state index contributed by atoms with van der Waals surface area (Å²) in [4.78, 5) is 4.22. The molecule has 2 heterocycles. The predicted octanol–water partition coefficient (Wildman–Crippen LogP) is 3.09. The van der Waals surface area contributed by atoms with Gasteiger partial charge in [0.2, 0.25) is 0 Å². The van der Waals surface area contributed by atoms with Gasteiger partial charge in [0.15, 0.2) is 0 Å². The third-order valence-electron chi connectivity index (χ3n) is 2.38. The van der Waals surface area contributed by atoms with Gasteiger partial charge in [-0.2, -0.15) is 0 Å². The van der Waals surface area contributed by atoms with Crippen LogP contribution < -0.4 is 5.32 Å². The summed E-state index contributed by atoms with van der Waals surface area (Å²) in [5.41, 5.74) is 0. The van der Waals surface area contributed by atoms with Crippen LogP contribution in [-0.4, -0.2) is 24.2 Å². The molecule has 0 bridgehead atoms. The molecule has 1 aromatic heterocycles. The average molecular weight is 292 g/mol. The van der Waals surface area contributed by atoms with Gasteiger partial charge in [0, 0.05) is 29.9 Å². The number of anilines is 1. The van der Waals surface area contributed by atoms with Crippen molar-refractivity contribution in [2.75, 3.05) is 18.5 Å². The Morgan fingerprint density at radius 3 is 2.87 bits per heavy atom. The molecule has 0 amide bonds. The van der Waals surface area contributed by atoms with Crippen LogP contribution in [0.5, 0.6) is 0 Å². The number of hydrogen-bond donors (Lipinski definition) is 1. The van der Waals surface area contributed by atoms with E-state index >= 15 is 0 Å². The number of nitrogens with zero attached hydrogens (tertiary/aromatic N) is 1. The van der Waals surface area contributed by atoms with Gasteiger partial charge in [-0.25, -0.2) is 4.98 Å². The summed E-state index contributed by atoms with van der Waals surface area (Å²) in [6.45, 7) is 1.65. The molecule has 1 aliphatic rings. The molecule has 0 saturated carbocycles. The van der Waals surface area contributed by atoms with Gasteiger partial charge in [-0.15, -0.1) is 0 Å². The lowest BCUT2D eigenvalue weighted by Gasteiger charge is -2.23. The molecular formula is C10H12BrClN2O. The van der Waals surface area contributed by atoms with Gasteiger partial charge in [0.25, 0.3) is 0 Å². The van der Waals surface area contributed by atoms with Crippen molar-refractivity contribution in [2.24, 2.45) is 0 Å². The first-order chi connectivity index (χ1) is 7.25. The maximum absolute atomic E-state index is 5.87. The van der Waals surface area contributed by atoms with Crippen molar-refractivity contribution < 1.29 is 4.74 Å². The Kier molecular flexibility index (Phi) is 3.83. The van der Waals surface area contributed by atoms with E-state index in [-0.39, 0.29) is 0 Å². The van der Waals surface area contributed by atoms with Crippen LogP contribution in [0.15, 0.2) is 16.7 Å². The lowest BCUT2D eigenvalue weighted by atomic mass is 10.1. The minimum atomic E-state index is 0.458. The molecule has 2 rings (SSSR count). The topological polar surface area (TPSA) is 34.2 Å². The summed E-state index contributed by atoms with van der Waals surface area (Å²) < 4.78 is 6.16. The monoisotopic (exact) mass is 290 g/mol. The summed E-state index contributed by atoms with van der Waals surface area (Å²) in [6.07, 6.45) is 3.71. The zero-order valence-electron chi connectivity index (χ0n) is 8.17. The Balaban J connectivity index is 2.00. The van der Waals surface area contributed by atoms with Crippen molar-refractivity contribution in [1.29, 1.82) is 0 Å². The van der Waals surface area contributed by atoms with E-state index < -0.39 is 0 Å². The van der Waals surface area contributed by atoms with E-state index in [2.05, 4.69) is 26.2 Å². The third-order valence-corrected chi connectivity index (χ3v) is 3.57. The quantitative estimate of drug-likeness (QED) is 0.909. The van der Waals surface area contributed by atoms with Gasteiger partial charge < -0.3 is 10.1 Å². The van der Waals surface area contributed by atoms with E-state index in [1.54, 1.807) is 6.20 Å². The highest BCUT2D eigenvalue weighted by atomic mass is 79.9. The van der Waals surface area contributed by atoms with E-state index in [4.69, 9.17) is 16.3 Å².